The number of nitrogens with zero attached hydrogens (tertiary/aromatic N) is 6. The van der Waals surface area contributed by atoms with Crippen molar-refractivity contribution >= 4 is 39.7 Å². The lowest BCUT2D eigenvalue weighted by atomic mass is 9.85. The summed E-state index contributed by atoms with van der Waals surface area (Å²) in [6.45, 7) is 3.22. The third-order valence-electron chi connectivity index (χ3n) is 14.0. The molecule has 5 atom stereocenters. The molecule has 4 fully saturated rings. The van der Waals surface area contributed by atoms with Gasteiger partial charge in [-0.15, -0.1) is 0 Å². The number of anilines is 1. The first kappa shape index (κ1) is 43.1. The summed E-state index contributed by atoms with van der Waals surface area (Å²) in [4.78, 5) is 46.5. The van der Waals surface area contributed by atoms with Crippen LogP contribution in [-0.2, 0) is 21.5 Å². The van der Waals surface area contributed by atoms with Crippen LogP contribution in [0.2, 0.25) is 0 Å². The van der Waals surface area contributed by atoms with E-state index in [1.807, 2.05) is 30.3 Å². The van der Waals surface area contributed by atoms with E-state index in [1.165, 1.54) is 24.4 Å². The first-order chi connectivity index (χ1) is 31.3. The largest absolute Gasteiger partial charge is 0.461 e. The van der Waals surface area contributed by atoms with Crippen molar-refractivity contribution in [3.8, 4) is 23.0 Å². The van der Waals surface area contributed by atoms with Crippen LogP contribution in [0.25, 0.3) is 32.9 Å². The molecule has 342 valence electrons. The van der Waals surface area contributed by atoms with E-state index < -0.39 is 52.8 Å². The number of pyridine rings is 1. The molecule has 6 aliphatic heterocycles. The third-order valence-corrected chi connectivity index (χ3v) is 14.0. The zero-order valence-corrected chi connectivity index (χ0v) is 36.4. The Morgan fingerprint density at radius 2 is 1.78 bits per heavy atom. The second kappa shape index (κ2) is 16.9. The van der Waals surface area contributed by atoms with Crippen LogP contribution in [0.4, 0.5) is 33.0 Å². The van der Waals surface area contributed by atoms with Gasteiger partial charge in [0, 0.05) is 51.3 Å². The molecule has 0 spiro atoms. The summed E-state index contributed by atoms with van der Waals surface area (Å²) in [5.41, 5.74) is -1.65. The van der Waals surface area contributed by atoms with E-state index >= 15 is 13.2 Å². The van der Waals surface area contributed by atoms with Gasteiger partial charge in [0.05, 0.1) is 36.2 Å². The van der Waals surface area contributed by atoms with Crippen molar-refractivity contribution in [2.75, 3.05) is 64.5 Å². The van der Waals surface area contributed by atoms with Gasteiger partial charge in [-0.25, -0.2) is 27.2 Å². The van der Waals surface area contributed by atoms with Gasteiger partial charge in [0.2, 0.25) is 0 Å². The smallest absolute Gasteiger partial charge is 0.415 e. The van der Waals surface area contributed by atoms with Gasteiger partial charge in [-0.05, 0) is 92.1 Å². The molecule has 6 bridgehead atoms. The third kappa shape index (κ3) is 8.04. The highest BCUT2D eigenvalue weighted by molar-refractivity contribution is 6.02. The number of aryl methyl sites for hydroxylation is 1. The van der Waals surface area contributed by atoms with Crippen molar-refractivity contribution in [2.45, 2.75) is 87.3 Å². The number of nitrogens with one attached hydrogen (secondary N) is 1. The number of rotatable bonds is 6. The highest BCUT2D eigenvalue weighted by Gasteiger charge is 2.50. The Hall–Kier alpha value is -5.81. The molecule has 13 nitrogen and oxygen atoms in total. The number of alkyl halides is 2. The number of fused-ring (bicyclic) bond motifs is 7. The summed E-state index contributed by atoms with van der Waals surface area (Å²) in [6.07, 6.45) is 0.937. The average Bonchev–Trinajstić information content (AvgIpc) is 3.82. The minimum atomic E-state index is -1.43. The first-order valence-electron chi connectivity index (χ1n) is 22.4. The molecular formula is C48H51F4N7O6. The van der Waals surface area contributed by atoms with E-state index in [9.17, 15) is 14.0 Å². The lowest BCUT2D eigenvalue weighted by Gasteiger charge is -2.42. The molecule has 5 aromatic rings. The summed E-state index contributed by atoms with van der Waals surface area (Å²) >= 11 is 0. The number of halogens is 4. The predicted molar refractivity (Wildman–Crippen MR) is 234 cm³/mol. The van der Waals surface area contributed by atoms with Crippen molar-refractivity contribution in [2.24, 2.45) is 0 Å². The number of carbonyl (C=O) groups is 2. The highest BCUT2D eigenvalue weighted by Crippen LogP contribution is 2.43. The fraction of sp³-hybridized carbons (Fsp3) is 0.479. The van der Waals surface area contributed by atoms with Crippen molar-refractivity contribution in [1.29, 1.82) is 0 Å². The Balaban J connectivity index is 1.10. The van der Waals surface area contributed by atoms with Gasteiger partial charge in [-0.3, -0.25) is 9.88 Å². The minimum Gasteiger partial charge on any atom is -0.461 e. The van der Waals surface area contributed by atoms with Gasteiger partial charge in [-0.1, -0.05) is 36.4 Å². The maximum Gasteiger partial charge on any atom is 0.415 e. The zero-order chi connectivity index (χ0) is 45.1. The average molecular weight is 898 g/mol. The summed E-state index contributed by atoms with van der Waals surface area (Å²) in [5.74, 6) is -1.30. The Kier molecular flexibility index (Phi) is 11.2. The van der Waals surface area contributed by atoms with Gasteiger partial charge >= 0.3 is 18.2 Å². The van der Waals surface area contributed by atoms with E-state index in [-0.39, 0.29) is 104 Å². The lowest BCUT2D eigenvalue weighted by molar-refractivity contribution is -0.0633. The molecule has 4 saturated heterocycles. The highest BCUT2D eigenvalue weighted by atomic mass is 19.1. The number of hydrogen-bond donors (Lipinski definition) is 1. The Morgan fingerprint density at radius 3 is 2.62 bits per heavy atom. The molecule has 2 aromatic heterocycles. The number of likely N-dealkylation sites (tertiary alicyclic amines) is 1. The van der Waals surface area contributed by atoms with Crippen LogP contribution >= 0.6 is 0 Å². The number of hydrogen-bond acceptors (Lipinski definition) is 11. The second-order valence-corrected chi connectivity index (χ2v) is 18.5. The van der Waals surface area contributed by atoms with Gasteiger partial charge in [0.1, 0.15) is 53.1 Å². The van der Waals surface area contributed by atoms with Crippen LogP contribution in [-0.4, -0.2) is 120 Å². The molecule has 11 rings (SSSR count). The SMILES string of the molecule is COC1(c2ccccc2)CCCN(C(=O)Oc2cc3c4c(c(F)ccc4c2)CCCOC(=O)N[C@]2(C)C[C@@H](F)CN(C2)c2nc(OC[C@@]45CCCN4C[C@H](F)C5)nc4c(F)c-3ncc24)C1. The van der Waals surface area contributed by atoms with Crippen LogP contribution in [0, 0.1) is 11.6 Å². The van der Waals surface area contributed by atoms with E-state index in [0.717, 1.165) is 18.5 Å². The Bertz CT molecular complexity index is 2660. The Morgan fingerprint density at radius 1 is 0.969 bits per heavy atom. The fourth-order valence-corrected chi connectivity index (χ4v) is 11.0. The molecule has 17 heteroatoms. The van der Waals surface area contributed by atoms with Crippen molar-refractivity contribution in [3.63, 3.8) is 0 Å². The summed E-state index contributed by atoms with van der Waals surface area (Å²) in [7, 11) is 1.62. The molecule has 0 saturated carbocycles. The molecule has 65 heavy (non-hydrogen) atoms. The monoisotopic (exact) mass is 897 g/mol. The van der Waals surface area contributed by atoms with Gasteiger partial charge in [-0.2, -0.15) is 9.97 Å². The van der Waals surface area contributed by atoms with Crippen LogP contribution < -0.4 is 19.7 Å². The van der Waals surface area contributed by atoms with Crippen LogP contribution in [0.5, 0.6) is 11.8 Å². The zero-order valence-electron chi connectivity index (χ0n) is 36.4. The topological polar surface area (TPSA) is 131 Å². The molecule has 2 amide bonds. The molecule has 0 radical (unpaired) electrons. The van der Waals surface area contributed by atoms with Crippen molar-refractivity contribution in [3.05, 3.63) is 83.6 Å². The molecule has 3 aromatic carbocycles. The maximum atomic E-state index is 17.8. The van der Waals surface area contributed by atoms with Crippen LogP contribution in [0.15, 0.2) is 60.8 Å². The van der Waals surface area contributed by atoms with Gasteiger partial charge in [0.25, 0.3) is 0 Å². The minimum absolute atomic E-state index is 0.0298. The van der Waals surface area contributed by atoms with Crippen molar-refractivity contribution in [1.82, 2.24) is 30.1 Å². The number of ether oxygens (including phenoxy) is 4. The number of methoxy groups -OCH3 is 1. The summed E-state index contributed by atoms with van der Waals surface area (Å²) < 4.78 is 88.5. The van der Waals surface area contributed by atoms with Crippen LogP contribution in [0.3, 0.4) is 0 Å². The van der Waals surface area contributed by atoms with Crippen molar-refractivity contribution < 1.29 is 46.1 Å². The molecular weight excluding hydrogens is 847 g/mol. The van der Waals surface area contributed by atoms with Gasteiger partial charge < -0.3 is 34.1 Å². The molecule has 1 unspecified atom stereocenters. The summed E-state index contributed by atoms with van der Waals surface area (Å²) in [5, 5.41) is 3.71. The lowest BCUT2D eigenvalue weighted by Crippen LogP contribution is -2.60. The number of alkyl carbamates (subject to hydrolysis) is 1. The quantitative estimate of drug-likeness (QED) is 0.166. The Labute approximate surface area is 373 Å². The maximum absolute atomic E-state index is 17.8. The van der Waals surface area contributed by atoms with E-state index in [1.54, 1.807) is 29.9 Å². The van der Waals surface area contributed by atoms with E-state index in [2.05, 4.69) is 20.2 Å². The number of piperidine rings is 2. The first-order valence-corrected chi connectivity index (χ1v) is 22.4. The number of carbonyl (C=O) groups excluding carboxylic acids is 2. The van der Waals surface area contributed by atoms with E-state index in [0.29, 0.717) is 43.1 Å². The number of amides is 2. The number of aromatic nitrogens is 3. The standard InChI is InChI=1S/C48H51F4N7O6/c1-46-21-31(49)24-58(26-46)42-36-23-53-40(39(52)41(36)54-43(55-42)64-28-47-14-7-17-59(47)25-32(50)22-47)35-20-33(19-29-12-13-37(51)34(38(29)35)11-6-18-63-44(60)56-46)65-45(61)57-16-8-15-48(27-57,62-2)30-9-4-3-5-10-30/h3-5,9-10,12-13,19-20,23,31-32H,6-8,11,14-18,21-22,24-28H2,1-2H3,(H,56,60)/t31-,32-,46-,47+,48?/m1/s1. The normalized spacial score (nSPS) is 27.1. The van der Waals surface area contributed by atoms with Gasteiger partial charge in [0.15, 0.2) is 5.82 Å². The molecule has 1 N–H and O–H groups in total. The summed E-state index contributed by atoms with van der Waals surface area (Å²) in [6, 6.07) is 15.4. The van der Waals surface area contributed by atoms with E-state index in [4.69, 9.17) is 23.9 Å². The molecule has 0 aliphatic carbocycles. The molecule has 8 heterocycles. The van der Waals surface area contributed by atoms with Crippen LogP contribution in [0.1, 0.15) is 63.0 Å². The predicted octanol–water partition coefficient (Wildman–Crippen LogP) is 8.19. The second-order valence-electron chi connectivity index (χ2n) is 18.5. The fourth-order valence-electron chi connectivity index (χ4n) is 11.0. The number of benzene rings is 3. The molecule has 6 aliphatic rings.